The van der Waals surface area contributed by atoms with E-state index in [-0.39, 0.29) is 17.7 Å². The van der Waals surface area contributed by atoms with E-state index in [1.54, 1.807) is 6.08 Å². The Morgan fingerprint density at radius 1 is 1.00 bits per heavy atom. The van der Waals surface area contributed by atoms with Crippen LogP contribution in [-0.4, -0.2) is 36.3 Å². The molecule has 3 aromatic rings. The highest BCUT2D eigenvalue weighted by Gasteiger charge is 2.34. The van der Waals surface area contributed by atoms with Crippen LogP contribution in [-0.2, 0) is 16.1 Å². The summed E-state index contributed by atoms with van der Waals surface area (Å²) in [6.07, 6.45) is 1.71. The average molecular weight is 577 g/mol. The van der Waals surface area contributed by atoms with Crippen LogP contribution >= 0.6 is 43.6 Å². The van der Waals surface area contributed by atoms with Gasteiger partial charge >= 0.3 is 0 Å². The topological polar surface area (TPSA) is 55.8 Å². The van der Waals surface area contributed by atoms with Crippen LogP contribution in [0.1, 0.15) is 11.1 Å². The van der Waals surface area contributed by atoms with E-state index in [0.717, 1.165) is 31.8 Å². The maximum Gasteiger partial charge on any atom is 0.293 e. The van der Waals surface area contributed by atoms with Gasteiger partial charge in [0.2, 0.25) is 0 Å². The molecule has 1 fully saturated rings. The molecule has 0 saturated carbocycles. The number of carbonyl (C=O) groups excluding carboxylic acids is 2. The molecule has 8 heteroatoms. The van der Waals surface area contributed by atoms with Crippen molar-refractivity contribution in [3.63, 3.8) is 0 Å². The summed E-state index contributed by atoms with van der Waals surface area (Å²) in [4.78, 5) is 26.2. The quantitative estimate of drug-likeness (QED) is 0.296. The summed E-state index contributed by atoms with van der Waals surface area (Å²) in [6.45, 7) is 0.971. The molecule has 0 radical (unpaired) electrons. The molecule has 0 unspecified atom stereocenters. The van der Waals surface area contributed by atoms with Crippen molar-refractivity contribution in [2.24, 2.45) is 0 Å². The van der Waals surface area contributed by atoms with E-state index in [0.29, 0.717) is 23.9 Å². The van der Waals surface area contributed by atoms with E-state index < -0.39 is 0 Å². The summed E-state index contributed by atoms with van der Waals surface area (Å²) >= 11 is 8.06. The lowest BCUT2D eigenvalue weighted by atomic mass is 10.1. The first-order valence-electron chi connectivity index (χ1n) is 9.80. The van der Waals surface area contributed by atoms with Gasteiger partial charge in [-0.05, 0) is 89.8 Å². The molecule has 0 bridgehead atoms. The number of halogens is 2. The van der Waals surface area contributed by atoms with Crippen molar-refractivity contribution in [2.75, 3.05) is 20.3 Å². The molecule has 0 atom stereocenters. The minimum absolute atomic E-state index is 0.243. The fraction of sp³-hybridized carbons (Fsp3) is 0.167. The molecule has 0 aliphatic carbocycles. The van der Waals surface area contributed by atoms with Crippen LogP contribution in [0.15, 0.2) is 68.4 Å². The Balaban J connectivity index is 1.50. The molecule has 1 saturated heterocycles. The fourth-order valence-corrected chi connectivity index (χ4v) is 5.63. The fourth-order valence-electron chi connectivity index (χ4n) is 3.31. The van der Waals surface area contributed by atoms with Gasteiger partial charge in [-0.25, -0.2) is 0 Å². The van der Waals surface area contributed by atoms with Gasteiger partial charge in [0.05, 0.1) is 27.0 Å². The molecule has 0 spiro atoms. The number of nitrogens with zero attached hydrogens (tertiary/aromatic N) is 1. The average Bonchev–Trinajstić information content (AvgIpc) is 3.03. The smallest absolute Gasteiger partial charge is 0.293 e. The van der Waals surface area contributed by atoms with Crippen LogP contribution in [0.3, 0.4) is 0 Å². The highest BCUT2D eigenvalue weighted by atomic mass is 79.9. The van der Waals surface area contributed by atoms with Gasteiger partial charge in [0.1, 0.15) is 12.4 Å². The second-order valence-corrected chi connectivity index (χ2v) is 9.81. The van der Waals surface area contributed by atoms with E-state index in [9.17, 15) is 9.59 Å². The third-order valence-corrected chi connectivity index (χ3v) is 6.99. The number of rotatable bonds is 7. The Morgan fingerprint density at radius 2 is 1.72 bits per heavy atom. The zero-order valence-electron chi connectivity index (χ0n) is 17.1. The second kappa shape index (κ2) is 10.2. The molecule has 0 N–H and O–H groups in total. The first-order valence-corrected chi connectivity index (χ1v) is 12.2. The van der Waals surface area contributed by atoms with Gasteiger partial charge in [-0.2, -0.15) is 0 Å². The zero-order chi connectivity index (χ0) is 22.7. The van der Waals surface area contributed by atoms with E-state index in [1.807, 2.05) is 24.3 Å². The second-order valence-electron chi connectivity index (χ2n) is 7.11. The van der Waals surface area contributed by atoms with Gasteiger partial charge in [0, 0.05) is 7.11 Å². The molecule has 4 rings (SSSR count). The summed E-state index contributed by atoms with van der Waals surface area (Å²) in [5, 5.41) is 2.07. The van der Waals surface area contributed by atoms with Gasteiger partial charge in [0.25, 0.3) is 11.1 Å². The standard InChI is InChI=1S/C24H19Br2NO4S/c1-30-9-8-27-23(28)21(32-24(27)29)13-16-11-19(25)22(20(26)12-16)31-14-15-6-7-17-4-2-3-5-18(17)10-15/h2-7,10-13H,8-9,14H2,1H3/b21-13+. The molecule has 3 aromatic carbocycles. The molecule has 1 aliphatic rings. The van der Waals surface area contributed by atoms with Crippen molar-refractivity contribution >= 4 is 71.6 Å². The predicted octanol–water partition coefficient (Wildman–Crippen LogP) is 6.63. The van der Waals surface area contributed by atoms with Crippen molar-refractivity contribution in [1.29, 1.82) is 0 Å². The van der Waals surface area contributed by atoms with Gasteiger partial charge in [-0.3, -0.25) is 14.5 Å². The predicted molar refractivity (Wildman–Crippen MR) is 135 cm³/mol. The first kappa shape index (κ1) is 23.0. The lowest BCUT2D eigenvalue weighted by Gasteiger charge is -2.12. The minimum Gasteiger partial charge on any atom is -0.487 e. The summed E-state index contributed by atoms with van der Waals surface area (Å²) < 4.78 is 12.5. The Hall–Kier alpha value is -2.13. The monoisotopic (exact) mass is 575 g/mol. The zero-order valence-corrected chi connectivity index (χ0v) is 21.1. The molecule has 0 aromatic heterocycles. The van der Waals surface area contributed by atoms with Crippen LogP contribution < -0.4 is 4.74 Å². The number of benzene rings is 3. The summed E-state index contributed by atoms with van der Waals surface area (Å²) in [6, 6.07) is 18.2. The molecule has 1 aliphatic heterocycles. The number of fused-ring (bicyclic) bond motifs is 1. The molecular formula is C24H19Br2NO4S. The lowest BCUT2D eigenvalue weighted by molar-refractivity contribution is -0.123. The van der Waals surface area contributed by atoms with Crippen molar-refractivity contribution in [3.8, 4) is 5.75 Å². The number of methoxy groups -OCH3 is 1. The Labute approximate surface area is 207 Å². The van der Waals surface area contributed by atoms with Crippen LogP contribution in [0.2, 0.25) is 0 Å². The maximum absolute atomic E-state index is 12.5. The van der Waals surface area contributed by atoms with E-state index >= 15 is 0 Å². The maximum atomic E-state index is 12.5. The highest BCUT2D eigenvalue weighted by Crippen LogP contribution is 2.38. The van der Waals surface area contributed by atoms with Crippen LogP contribution in [0.4, 0.5) is 4.79 Å². The Bertz CT molecular complexity index is 1200. The molecule has 32 heavy (non-hydrogen) atoms. The van der Waals surface area contributed by atoms with E-state index in [2.05, 4.69) is 62.2 Å². The number of hydrogen-bond donors (Lipinski definition) is 0. The number of imide groups is 1. The number of carbonyl (C=O) groups is 2. The van der Waals surface area contributed by atoms with E-state index in [4.69, 9.17) is 9.47 Å². The third kappa shape index (κ3) is 5.09. The van der Waals surface area contributed by atoms with Crippen molar-refractivity contribution < 1.29 is 19.1 Å². The third-order valence-electron chi connectivity index (χ3n) is 4.91. The summed E-state index contributed by atoms with van der Waals surface area (Å²) in [7, 11) is 1.54. The van der Waals surface area contributed by atoms with Crippen LogP contribution in [0.25, 0.3) is 16.8 Å². The largest absolute Gasteiger partial charge is 0.487 e. The molecule has 2 amide bonds. The van der Waals surface area contributed by atoms with Gasteiger partial charge in [-0.15, -0.1) is 0 Å². The molecule has 5 nitrogen and oxygen atoms in total. The number of ether oxygens (including phenoxy) is 2. The number of amides is 2. The highest BCUT2D eigenvalue weighted by molar-refractivity contribution is 9.11. The van der Waals surface area contributed by atoms with Gasteiger partial charge in [-0.1, -0.05) is 36.4 Å². The van der Waals surface area contributed by atoms with Crippen LogP contribution in [0, 0.1) is 0 Å². The Morgan fingerprint density at radius 3 is 2.44 bits per heavy atom. The summed E-state index contributed by atoms with van der Waals surface area (Å²) in [5.41, 5.74) is 1.84. The Kier molecular flexibility index (Phi) is 7.35. The SMILES string of the molecule is COCCN1C(=O)S/C(=C/c2cc(Br)c(OCc3ccc4ccccc4c3)c(Br)c2)C1=O. The normalized spacial score (nSPS) is 15.2. The van der Waals surface area contributed by atoms with Crippen molar-refractivity contribution in [1.82, 2.24) is 4.90 Å². The molecule has 1 heterocycles. The molecular weight excluding hydrogens is 558 g/mol. The van der Waals surface area contributed by atoms with Gasteiger partial charge in [0.15, 0.2) is 0 Å². The number of hydrogen-bond acceptors (Lipinski definition) is 5. The van der Waals surface area contributed by atoms with E-state index in [1.165, 1.54) is 22.8 Å². The van der Waals surface area contributed by atoms with Crippen molar-refractivity contribution in [3.05, 3.63) is 79.6 Å². The van der Waals surface area contributed by atoms with Gasteiger partial charge < -0.3 is 9.47 Å². The first-order chi connectivity index (χ1) is 15.5. The summed E-state index contributed by atoms with van der Waals surface area (Å²) in [5.74, 6) is 0.365. The van der Waals surface area contributed by atoms with Crippen LogP contribution in [0.5, 0.6) is 5.75 Å². The number of thioether (sulfide) groups is 1. The lowest BCUT2D eigenvalue weighted by Crippen LogP contribution is -2.31. The van der Waals surface area contributed by atoms with Crippen molar-refractivity contribution in [2.45, 2.75) is 6.61 Å². The molecule has 164 valence electrons. The minimum atomic E-state index is -0.305.